The molecule has 0 amide bonds. The SMILES string of the molecule is CC1(C)OB(c2ccc(Cl)c(CS(N)(=O)=O)c2)OC1(C)C. The first-order valence-electron chi connectivity index (χ1n) is 6.56. The molecular weight excluding hydrogens is 312 g/mol. The van der Waals surface area contributed by atoms with Gasteiger partial charge in [-0.25, -0.2) is 13.6 Å². The molecule has 0 aliphatic carbocycles. The number of rotatable bonds is 3. The number of halogens is 1. The molecule has 1 heterocycles. The lowest BCUT2D eigenvalue weighted by atomic mass is 9.78. The van der Waals surface area contributed by atoms with Gasteiger partial charge in [-0.05, 0) is 44.8 Å². The molecule has 116 valence electrons. The Balaban J connectivity index is 2.33. The zero-order valence-electron chi connectivity index (χ0n) is 12.5. The van der Waals surface area contributed by atoms with Gasteiger partial charge in [0.1, 0.15) is 0 Å². The fourth-order valence-electron chi connectivity index (χ4n) is 2.05. The lowest BCUT2D eigenvalue weighted by Crippen LogP contribution is -2.41. The molecule has 2 rings (SSSR count). The van der Waals surface area contributed by atoms with Crippen molar-refractivity contribution in [2.24, 2.45) is 5.14 Å². The number of primary sulfonamides is 1. The summed E-state index contributed by atoms with van der Waals surface area (Å²) >= 11 is 6.02. The molecular formula is C13H19BClNO4S. The first-order valence-corrected chi connectivity index (χ1v) is 8.65. The van der Waals surface area contributed by atoms with E-state index in [1.54, 1.807) is 18.2 Å². The summed E-state index contributed by atoms with van der Waals surface area (Å²) in [5.41, 5.74) is 0.234. The van der Waals surface area contributed by atoms with Gasteiger partial charge in [-0.3, -0.25) is 0 Å². The van der Waals surface area contributed by atoms with Crippen LogP contribution in [0.4, 0.5) is 0 Å². The third-order valence-corrected chi connectivity index (χ3v) is 5.03. The van der Waals surface area contributed by atoms with Gasteiger partial charge in [-0.1, -0.05) is 23.7 Å². The summed E-state index contributed by atoms with van der Waals surface area (Å²) in [6.45, 7) is 7.81. The van der Waals surface area contributed by atoms with Crippen LogP contribution in [0, 0.1) is 0 Å². The van der Waals surface area contributed by atoms with Crippen molar-refractivity contribution in [1.29, 1.82) is 0 Å². The van der Waals surface area contributed by atoms with Gasteiger partial charge in [0.05, 0.1) is 17.0 Å². The number of hydrogen-bond acceptors (Lipinski definition) is 4. The first kappa shape index (κ1) is 16.8. The average molecular weight is 332 g/mol. The second-order valence-electron chi connectivity index (χ2n) is 6.25. The summed E-state index contributed by atoms with van der Waals surface area (Å²) in [6.07, 6.45) is 0. The summed E-state index contributed by atoms with van der Waals surface area (Å²) in [4.78, 5) is 0. The van der Waals surface area contributed by atoms with Crippen LogP contribution < -0.4 is 10.6 Å². The normalized spacial score (nSPS) is 20.8. The van der Waals surface area contributed by atoms with Crippen molar-refractivity contribution >= 4 is 34.2 Å². The zero-order chi connectivity index (χ0) is 16.1. The van der Waals surface area contributed by atoms with Crippen molar-refractivity contribution in [3.05, 3.63) is 28.8 Å². The van der Waals surface area contributed by atoms with Crippen molar-refractivity contribution in [3.63, 3.8) is 0 Å². The van der Waals surface area contributed by atoms with E-state index in [-0.39, 0.29) is 5.75 Å². The quantitative estimate of drug-likeness (QED) is 0.850. The van der Waals surface area contributed by atoms with Crippen molar-refractivity contribution in [2.45, 2.75) is 44.6 Å². The van der Waals surface area contributed by atoms with Crippen molar-refractivity contribution in [2.75, 3.05) is 0 Å². The van der Waals surface area contributed by atoms with Gasteiger partial charge in [0.25, 0.3) is 0 Å². The van der Waals surface area contributed by atoms with Crippen LogP contribution in [0.15, 0.2) is 18.2 Å². The van der Waals surface area contributed by atoms with E-state index in [1.807, 2.05) is 27.7 Å². The lowest BCUT2D eigenvalue weighted by molar-refractivity contribution is 0.00578. The van der Waals surface area contributed by atoms with E-state index in [0.717, 1.165) is 5.46 Å². The minimum absolute atomic E-state index is 0.320. The highest BCUT2D eigenvalue weighted by Gasteiger charge is 2.51. The number of nitrogens with two attached hydrogens (primary N) is 1. The maximum absolute atomic E-state index is 11.2. The number of hydrogen-bond donors (Lipinski definition) is 1. The molecule has 1 fully saturated rings. The van der Waals surface area contributed by atoms with Crippen molar-refractivity contribution in [3.8, 4) is 0 Å². The maximum atomic E-state index is 11.2. The van der Waals surface area contributed by atoms with Crippen LogP contribution in [0.5, 0.6) is 0 Å². The molecule has 5 nitrogen and oxygen atoms in total. The molecule has 1 aliphatic heterocycles. The molecule has 0 saturated carbocycles. The number of sulfonamides is 1. The van der Waals surface area contributed by atoms with Gasteiger partial charge in [0.15, 0.2) is 0 Å². The van der Waals surface area contributed by atoms with Gasteiger partial charge in [-0.15, -0.1) is 0 Å². The average Bonchev–Trinajstić information content (AvgIpc) is 2.49. The van der Waals surface area contributed by atoms with Crippen LogP contribution in [0.25, 0.3) is 0 Å². The highest BCUT2D eigenvalue weighted by atomic mass is 35.5. The predicted octanol–water partition coefficient (Wildman–Crippen LogP) is 1.43. The third-order valence-electron chi connectivity index (χ3n) is 3.95. The van der Waals surface area contributed by atoms with Gasteiger partial charge >= 0.3 is 7.12 Å². The molecule has 0 bridgehead atoms. The lowest BCUT2D eigenvalue weighted by Gasteiger charge is -2.32. The second-order valence-corrected chi connectivity index (χ2v) is 8.27. The largest absolute Gasteiger partial charge is 0.494 e. The first-order chi connectivity index (χ1) is 9.41. The van der Waals surface area contributed by atoms with Crippen LogP contribution in [0.1, 0.15) is 33.3 Å². The Morgan fingerprint density at radius 3 is 2.19 bits per heavy atom. The summed E-state index contributed by atoms with van der Waals surface area (Å²) in [5.74, 6) is -0.320. The van der Waals surface area contributed by atoms with E-state index in [0.29, 0.717) is 10.6 Å². The Kier molecular flexibility index (Phi) is 4.19. The molecule has 0 spiro atoms. The molecule has 1 aromatic rings. The molecule has 8 heteroatoms. The number of benzene rings is 1. The summed E-state index contributed by atoms with van der Waals surface area (Å²) < 4.78 is 34.4. The molecule has 0 atom stereocenters. The molecule has 0 radical (unpaired) electrons. The molecule has 0 aromatic heterocycles. The van der Waals surface area contributed by atoms with Crippen LogP contribution in [0.3, 0.4) is 0 Å². The maximum Gasteiger partial charge on any atom is 0.494 e. The Bertz CT molecular complexity index is 644. The molecule has 0 unspecified atom stereocenters. The van der Waals surface area contributed by atoms with Crippen molar-refractivity contribution < 1.29 is 17.7 Å². The fourth-order valence-corrected chi connectivity index (χ4v) is 2.98. The van der Waals surface area contributed by atoms with Crippen LogP contribution >= 0.6 is 11.6 Å². The van der Waals surface area contributed by atoms with Crippen molar-refractivity contribution in [1.82, 2.24) is 0 Å². The van der Waals surface area contributed by atoms with E-state index in [9.17, 15) is 8.42 Å². The fraction of sp³-hybridized carbons (Fsp3) is 0.538. The second kappa shape index (κ2) is 5.24. The van der Waals surface area contributed by atoms with Crippen LogP contribution in [-0.2, 0) is 25.1 Å². The Morgan fingerprint density at radius 2 is 1.71 bits per heavy atom. The molecule has 1 aliphatic rings. The highest BCUT2D eigenvalue weighted by Crippen LogP contribution is 2.36. The molecule has 21 heavy (non-hydrogen) atoms. The van der Waals surface area contributed by atoms with E-state index in [1.165, 1.54) is 0 Å². The summed E-state index contributed by atoms with van der Waals surface area (Å²) in [7, 11) is -4.22. The van der Waals surface area contributed by atoms with Gasteiger partial charge in [0.2, 0.25) is 10.0 Å². The predicted molar refractivity (Wildman–Crippen MR) is 84.0 cm³/mol. The minimum Gasteiger partial charge on any atom is -0.399 e. The molecule has 1 saturated heterocycles. The van der Waals surface area contributed by atoms with Gasteiger partial charge in [0, 0.05) is 5.02 Å². The minimum atomic E-state index is -3.65. The highest BCUT2D eigenvalue weighted by molar-refractivity contribution is 7.88. The smallest absolute Gasteiger partial charge is 0.399 e. The van der Waals surface area contributed by atoms with Gasteiger partial charge < -0.3 is 9.31 Å². The van der Waals surface area contributed by atoms with E-state index in [4.69, 9.17) is 26.0 Å². The van der Waals surface area contributed by atoms with E-state index < -0.39 is 28.3 Å². The Hall–Kier alpha value is -0.595. The van der Waals surface area contributed by atoms with Crippen LogP contribution in [-0.4, -0.2) is 26.7 Å². The molecule has 1 aromatic carbocycles. The van der Waals surface area contributed by atoms with Crippen LogP contribution in [0.2, 0.25) is 5.02 Å². The van der Waals surface area contributed by atoms with E-state index >= 15 is 0 Å². The van der Waals surface area contributed by atoms with E-state index in [2.05, 4.69) is 0 Å². The zero-order valence-corrected chi connectivity index (χ0v) is 14.1. The Labute approximate surface area is 131 Å². The Morgan fingerprint density at radius 1 is 1.19 bits per heavy atom. The standard InChI is InChI=1S/C13H19BClNO4S/c1-12(2)13(3,4)20-14(19-12)10-5-6-11(15)9(7-10)8-21(16,17)18/h5-7H,8H2,1-4H3,(H2,16,17,18). The van der Waals surface area contributed by atoms with Gasteiger partial charge in [-0.2, -0.15) is 0 Å². The summed E-state index contributed by atoms with van der Waals surface area (Å²) in [5, 5.41) is 5.43. The third kappa shape index (κ3) is 3.60. The topological polar surface area (TPSA) is 78.6 Å². The summed E-state index contributed by atoms with van der Waals surface area (Å²) in [6, 6.07) is 5.05. The molecule has 2 N–H and O–H groups in total. The monoisotopic (exact) mass is 331 g/mol.